The molecular weight excluding hydrogens is 432 g/mol. The second-order valence-corrected chi connectivity index (χ2v) is 9.81. The van der Waals surface area contributed by atoms with Crippen LogP contribution in [0.4, 0.5) is 5.95 Å². The second-order valence-electron chi connectivity index (χ2n) is 7.72. The zero-order valence-corrected chi connectivity index (χ0v) is 19.9. The minimum atomic E-state index is -3.27. The SMILES string of the molecule is COc1cc2[nH]c(N(C)Cc3cccc(CN(C)S(C)(=O)=O)c3)nc(=O)c2c(C)c1OC. The van der Waals surface area contributed by atoms with Crippen LogP contribution in [0.3, 0.4) is 0 Å². The molecule has 0 saturated carbocycles. The minimum absolute atomic E-state index is 0.280. The quantitative estimate of drug-likeness (QED) is 0.550. The van der Waals surface area contributed by atoms with Crippen LogP contribution in [0.25, 0.3) is 10.9 Å². The molecule has 0 fully saturated rings. The van der Waals surface area contributed by atoms with E-state index in [-0.39, 0.29) is 12.1 Å². The first-order chi connectivity index (χ1) is 15.0. The number of rotatable bonds is 8. The molecule has 10 heteroatoms. The van der Waals surface area contributed by atoms with E-state index in [4.69, 9.17) is 9.47 Å². The van der Waals surface area contributed by atoms with Crippen molar-refractivity contribution in [1.82, 2.24) is 14.3 Å². The van der Waals surface area contributed by atoms with Crippen LogP contribution in [-0.2, 0) is 23.1 Å². The molecule has 0 spiro atoms. The number of methoxy groups -OCH3 is 2. The Labute approximate surface area is 187 Å². The zero-order chi connectivity index (χ0) is 23.6. The lowest BCUT2D eigenvalue weighted by molar-refractivity contribution is 0.354. The van der Waals surface area contributed by atoms with E-state index < -0.39 is 10.0 Å². The molecule has 32 heavy (non-hydrogen) atoms. The lowest BCUT2D eigenvalue weighted by atomic mass is 10.1. The van der Waals surface area contributed by atoms with E-state index in [1.54, 1.807) is 27.1 Å². The molecular formula is C22H28N4O5S. The smallest absolute Gasteiger partial charge is 0.282 e. The van der Waals surface area contributed by atoms with E-state index in [2.05, 4.69) is 9.97 Å². The van der Waals surface area contributed by atoms with Crippen molar-refractivity contribution < 1.29 is 17.9 Å². The monoisotopic (exact) mass is 460 g/mol. The Hall–Kier alpha value is -3.11. The number of sulfonamides is 1. The van der Waals surface area contributed by atoms with Gasteiger partial charge in [-0.25, -0.2) is 12.7 Å². The van der Waals surface area contributed by atoms with Gasteiger partial charge >= 0.3 is 0 Å². The topological polar surface area (TPSA) is 105 Å². The molecule has 0 atom stereocenters. The van der Waals surface area contributed by atoms with Crippen molar-refractivity contribution in [3.05, 3.63) is 57.4 Å². The highest BCUT2D eigenvalue weighted by atomic mass is 32.2. The highest BCUT2D eigenvalue weighted by molar-refractivity contribution is 7.88. The summed E-state index contributed by atoms with van der Waals surface area (Å²) in [6, 6.07) is 9.37. The molecule has 0 saturated heterocycles. The maximum absolute atomic E-state index is 12.8. The van der Waals surface area contributed by atoms with Crippen LogP contribution in [0, 0.1) is 6.92 Å². The first kappa shape index (κ1) is 23.6. The molecule has 0 amide bonds. The van der Waals surface area contributed by atoms with E-state index in [1.807, 2.05) is 36.2 Å². The van der Waals surface area contributed by atoms with Crippen molar-refractivity contribution in [2.45, 2.75) is 20.0 Å². The van der Waals surface area contributed by atoms with Crippen molar-refractivity contribution in [3.63, 3.8) is 0 Å². The van der Waals surface area contributed by atoms with Crippen LogP contribution < -0.4 is 19.9 Å². The van der Waals surface area contributed by atoms with Gasteiger partial charge in [0.05, 0.1) is 31.4 Å². The third kappa shape index (κ3) is 4.86. The minimum Gasteiger partial charge on any atom is -0.493 e. The number of aryl methyl sites for hydroxylation is 1. The third-order valence-corrected chi connectivity index (χ3v) is 6.58. The number of ether oxygens (including phenoxy) is 2. The van der Waals surface area contributed by atoms with Gasteiger partial charge in [0, 0.05) is 38.8 Å². The Morgan fingerprint density at radius 1 is 1.06 bits per heavy atom. The molecule has 0 unspecified atom stereocenters. The van der Waals surface area contributed by atoms with Crippen LogP contribution >= 0.6 is 0 Å². The number of aromatic amines is 1. The number of aromatic nitrogens is 2. The van der Waals surface area contributed by atoms with E-state index in [9.17, 15) is 13.2 Å². The van der Waals surface area contributed by atoms with Gasteiger partial charge in [0.25, 0.3) is 5.56 Å². The number of nitrogens with one attached hydrogen (secondary N) is 1. The lowest BCUT2D eigenvalue weighted by Crippen LogP contribution is -2.25. The maximum Gasteiger partial charge on any atom is 0.282 e. The predicted octanol–water partition coefficient (Wildman–Crippen LogP) is 2.28. The first-order valence-electron chi connectivity index (χ1n) is 9.91. The van der Waals surface area contributed by atoms with Crippen molar-refractivity contribution >= 4 is 26.9 Å². The van der Waals surface area contributed by atoms with Crippen LogP contribution in [0.1, 0.15) is 16.7 Å². The molecule has 3 rings (SSSR count). The van der Waals surface area contributed by atoms with Gasteiger partial charge in [0.15, 0.2) is 11.5 Å². The summed E-state index contributed by atoms with van der Waals surface area (Å²) in [5.74, 6) is 1.44. The van der Waals surface area contributed by atoms with Gasteiger partial charge in [-0.05, 0) is 18.1 Å². The molecule has 0 aliphatic heterocycles. The highest BCUT2D eigenvalue weighted by Gasteiger charge is 2.17. The van der Waals surface area contributed by atoms with Crippen LogP contribution in [0.2, 0.25) is 0 Å². The van der Waals surface area contributed by atoms with Crippen LogP contribution in [0.15, 0.2) is 35.1 Å². The molecule has 1 heterocycles. The van der Waals surface area contributed by atoms with Gasteiger partial charge in [-0.15, -0.1) is 0 Å². The van der Waals surface area contributed by atoms with Gasteiger partial charge in [0.2, 0.25) is 16.0 Å². The Morgan fingerprint density at radius 2 is 1.72 bits per heavy atom. The van der Waals surface area contributed by atoms with Gasteiger partial charge in [-0.1, -0.05) is 24.3 Å². The summed E-state index contributed by atoms with van der Waals surface area (Å²) in [6.07, 6.45) is 1.18. The predicted molar refractivity (Wildman–Crippen MR) is 125 cm³/mol. The number of H-pyrrole nitrogens is 1. The fourth-order valence-corrected chi connectivity index (χ4v) is 3.96. The van der Waals surface area contributed by atoms with Gasteiger partial charge in [-0.2, -0.15) is 4.98 Å². The highest BCUT2D eigenvalue weighted by Crippen LogP contribution is 2.35. The normalized spacial score (nSPS) is 11.7. The summed E-state index contributed by atoms with van der Waals surface area (Å²) in [5, 5.41) is 0.450. The number of benzene rings is 2. The molecule has 172 valence electrons. The summed E-state index contributed by atoms with van der Waals surface area (Å²) in [4.78, 5) is 22.1. The molecule has 0 aliphatic rings. The summed E-state index contributed by atoms with van der Waals surface area (Å²) < 4.78 is 35.5. The number of fused-ring (bicyclic) bond motifs is 1. The molecule has 0 aliphatic carbocycles. The average molecular weight is 461 g/mol. The number of hydrogen-bond donors (Lipinski definition) is 1. The molecule has 1 N–H and O–H groups in total. The fraction of sp³-hybridized carbons (Fsp3) is 0.364. The molecule has 0 bridgehead atoms. The van der Waals surface area contributed by atoms with Crippen LogP contribution in [-0.4, -0.2) is 57.3 Å². The van der Waals surface area contributed by atoms with Crippen molar-refractivity contribution in [1.29, 1.82) is 0 Å². The van der Waals surface area contributed by atoms with Gasteiger partial charge in [0.1, 0.15) is 0 Å². The van der Waals surface area contributed by atoms with E-state index >= 15 is 0 Å². The Morgan fingerprint density at radius 3 is 2.31 bits per heavy atom. The average Bonchev–Trinajstić information content (AvgIpc) is 2.72. The van der Waals surface area contributed by atoms with Gasteiger partial charge < -0.3 is 19.4 Å². The van der Waals surface area contributed by atoms with Crippen LogP contribution in [0.5, 0.6) is 11.5 Å². The second kappa shape index (κ2) is 9.17. The van der Waals surface area contributed by atoms with E-state index in [0.29, 0.717) is 40.5 Å². The molecule has 2 aromatic carbocycles. The van der Waals surface area contributed by atoms with Gasteiger partial charge in [-0.3, -0.25) is 4.79 Å². The first-order valence-corrected chi connectivity index (χ1v) is 11.8. The standard InChI is InChI=1S/C22H28N4O5S/c1-14-19-17(11-18(30-4)20(14)31-5)23-22(24-21(19)27)25(2)12-15-8-7-9-16(10-15)13-26(3)32(6,28)29/h7-11H,12-13H2,1-6H3,(H,23,24,27). The Bertz CT molecular complexity index is 1300. The number of anilines is 1. The molecule has 1 aromatic heterocycles. The third-order valence-electron chi connectivity index (χ3n) is 5.32. The Kier molecular flexibility index (Phi) is 6.75. The lowest BCUT2D eigenvalue weighted by Gasteiger charge is -2.20. The summed E-state index contributed by atoms with van der Waals surface area (Å²) in [5.41, 5.74) is 2.73. The number of nitrogens with zero attached hydrogens (tertiary/aromatic N) is 3. The van der Waals surface area contributed by atoms with Crippen molar-refractivity contribution in [3.8, 4) is 11.5 Å². The fourth-order valence-electron chi connectivity index (χ4n) is 3.58. The zero-order valence-electron chi connectivity index (χ0n) is 19.1. The Balaban J connectivity index is 1.92. The summed E-state index contributed by atoms with van der Waals surface area (Å²) >= 11 is 0. The number of hydrogen-bond acceptors (Lipinski definition) is 7. The molecule has 9 nitrogen and oxygen atoms in total. The largest absolute Gasteiger partial charge is 0.493 e. The van der Waals surface area contributed by atoms with E-state index in [1.165, 1.54) is 17.7 Å². The summed E-state index contributed by atoms with van der Waals surface area (Å²) in [6.45, 7) is 2.54. The van der Waals surface area contributed by atoms with Crippen molar-refractivity contribution in [2.24, 2.45) is 0 Å². The summed E-state index contributed by atoms with van der Waals surface area (Å²) in [7, 11) is 3.18. The molecule has 0 radical (unpaired) electrons. The molecule has 3 aromatic rings. The van der Waals surface area contributed by atoms with E-state index in [0.717, 1.165) is 11.1 Å². The maximum atomic E-state index is 12.8. The van der Waals surface area contributed by atoms with Crippen molar-refractivity contribution in [2.75, 3.05) is 39.5 Å².